The van der Waals surface area contributed by atoms with Crippen molar-refractivity contribution in [2.75, 3.05) is 17.2 Å². The molecule has 16 heavy (non-hydrogen) atoms. The Morgan fingerprint density at radius 1 is 1.56 bits per heavy atom. The van der Waals surface area contributed by atoms with Crippen molar-refractivity contribution in [2.45, 2.75) is 26.7 Å². The second-order valence-electron chi connectivity index (χ2n) is 4.39. The van der Waals surface area contributed by atoms with Gasteiger partial charge in [-0.15, -0.1) is 0 Å². The lowest BCUT2D eigenvalue weighted by Gasteiger charge is -2.21. The van der Waals surface area contributed by atoms with Gasteiger partial charge in [-0.3, -0.25) is 4.79 Å². The SMILES string of the molecule is CCC(C)C(=O)N1CCc2c(N)cccc21. The molecule has 1 amide bonds. The molecule has 0 bridgehead atoms. The van der Waals surface area contributed by atoms with Crippen LogP contribution < -0.4 is 10.6 Å². The van der Waals surface area contributed by atoms with Crippen molar-refractivity contribution in [3.05, 3.63) is 23.8 Å². The highest BCUT2D eigenvalue weighted by atomic mass is 16.2. The first-order valence-electron chi connectivity index (χ1n) is 5.84. The van der Waals surface area contributed by atoms with Crippen molar-refractivity contribution in [1.29, 1.82) is 0 Å². The Balaban J connectivity index is 2.30. The summed E-state index contributed by atoms with van der Waals surface area (Å²) in [6.07, 6.45) is 1.76. The molecule has 86 valence electrons. The second-order valence-corrected chi connectivity index (χ2v) is 4.39. The number of rotatable bonds is 2. The highest BCUT2D eigenvalue weighted by molar-refractivity contribution is 5.97. The third-order valence-corrected chi connectivity index (χ3v) is 3.36. The van der Waals surface area contributed by atoms with Crippen LogP contribution in [0.25, 0.3) is 0 Å². The standard InChI is InChI=1S/C13H18N2O/c1-3-9(2)13(16)15-8-7-10-11(14)5-4-6-12(10)15/h4-6,9H,3,7-8,14H2,1-2H3. The van der Waals surface area contributed by atoms with Crippen LogP contribution in [0.3, 0.4) is 0 Å². The minimum atomic E-state index is 0.0902. The summed E-state index contributed by atoms with van der Waals surface area (Å²) in [5, 5.41) is 0. The fraction of sp³-hybridized carbons (Fsp3) is 0.462. The van der Waals surface area contributed by atoms with E-state index in [1.165, 1.54) is 0 Å². The highest BCUT2D eigenvalue weighted by Gasteiger charge is 2.27. The van der Waals surface area contributed by atoms with Gasteiger partial charge in [0, 0.05) is 29.4 Å². The fourth-order valence-electron chi connectivity index (χ4n) is 2.13. The lowest BCUT2D eigenvalue weighted by molar-refractivity contribution is -0.121. The molecule has 1 aromatic carbocycles. The number of carbonyl (C=O) groups excluding carboxylic acids is 1. The van der Waals surface area contributed by atoms with Crippen molar-refractivity contribution in [3.63, 3.8) is 0 Å². The van der Waals surface area contributed by atoms with Crippen LogP contribution in [-0.4, -0.2) is 12.5 Å². The van der Waals surface area contributed by atoms with Crippen molar-refractivity contribution < 1.29 is 4.79 Å². The minimum absolute atomic E-state index is 0.0902. The van der Waals surface area contributed by atoms with Crippen LogP contribution in [0, 0.1) is 5.92 Å². The van der Waals surface area contributed by atoms with Gasteiger partial charge in [0.25, 0.3) is 0 Å². The maximum absolute atomic E-state index is 12.1. The molecule has 1 heterocycles. The van der Waals surface area contributed by atoms with E-state index in [-0.39, 0.29) is 11.8 Å². The van der Waals surface area contributed by atoms with Crippen molar-refractivity contribution >= 4 is 17.3 Å². The van der Waals surface area contributed by atoms with Crippen molar-refractivity contribution in [1.82, 2.24) is 0 Å². The molecule has 2 rings (SSSR count). The molecule has 3 heteroatoms. The smallest absolute Gasteiger partial charge is 0.229 e. The molecule has 1 aliphatic rings. The highest BCUT2D eigenvalue weighted by Crippen LogP contribution is 2.33. The number of fused-ring (bicyclic) bond motifs is 1. The molecule has 0 saturated carbocycles. The van der Waals surface area contributed by atoms with E-state index in [1.54, 1.807) is 0 Å². The van der Waals surface area contributed by atoms with Gasteiger partial charge in [-0.1, -0.05) is 19.9 Å². The summed E-state index contributed by atoms with van der Waals surface area (Å²) in [6, 6.07) is 5.80. The Bertz CT molecular complexity index is 414. The molecule has 1 atom stereocenters. The minimum Gasteiger partial charge on any atom is -0.398 e. The molecule has 1 aliphatic heterocycles. The third kappa shape index (κ3) is 1.66. The summed E-state index contributed by atoms with van der Waals surface area (Å²) in [6.45, 7) is 4.79. The van der Waals surface area contributed by atoms with Crippen LogP contribution in [-0.2, 0) is 11.2 Å². The van der Waals surface area contributed by atoms with Gasteiger partial charge in [0.15, 0.2) is 0 Å². The van der Waals surface area contributed by atoms with Gasteiger partial charge in [0.2, 0.25) is 5.91 Å². The number of carbonyl (C=O) groups is 1. The first-order valence-corrected chi connectivity index (χ1v) is 5.84. The van der Waals surface area contributed by atoms with E-state index in [0.29, 0.717) is 0 Å². The van der Waals surface area contributed by atoms with Crippen LogP contribution in [0.15, 0.2) is 18.2 Å². The number of hydrogen-bond acceptors (Lipinski definition) is 2. The van der Waals surface area contributed by atoms with Crippen LogP contribution >= 0.6 is 0 Å². The van der Waals surface area contributed by atoms with Gasteiger partial charge in [0.05, 0.1) is 0 Å². The van der Waals surface area contributed by atoms with E-state index >= 15 is 0 Å². The van der Waals surface area contributed by atoms with E-state index < -0.39 is 0 Å². The molecule has 0 spiro atoms. The number of nitrogen functional groups attached to an aromatic ring is 1. The quantitative estimate of drug-likeness (QED) is 0.773. The Morgan fingerprint density at radius 3 is 3.00 bits per heavy atom. The number of benzene rings is 1. The molecule has 0 aliphatic carbocycles. The summed E-state index contributed by atoms with van der Waals surface area (Å²) >= 11 is 0. The lowest BCUT2D eigenvalue weighted by atomic mass is 10.1. The Hall–Kier alpha value is -1.51. The lowest BCUT2D eigenvalue weighted by Crippen LogP contribution is -2.33. The number of nitrogens with two attached hydrogens (primary N) is 1. The van der Waals surface area contributed by atoms with Gasteiger partial charge in [-0.25, -0.2) is 0 Å². The molecule has 2 N–H and O–H groups in total. The summed E-state index contributed by atoms with van der Waals surface area (Å²) < 4.78 is 0. The zero-order chi connectivity index (χ0) is 11.7. The number of anilines is 2. The largest absolute Gasteiger partial charge is 0.398 e. The molecule has 0 fully saturated rings. The van der Waals surface area contributed by atoms with E-state index in [1.807, 2.05) is 36.9 Å². The maximum Gasteiger partial charge on any atom is 0.229 e. The third-order valence-electron chi connectivity index (χ3n) is 3.36. The molecule has 0 aromatic heterocycles. The Kier molecular flexibility index (Phi) is 2.86. The van der Waals surface area contributed by atoms with Gasteiger partial charge >= 0.3 is 0 Å². The van der Waals surface area contributed by atoms with Crippen LogP contribution in [0.1, 0.15) is 25.8 Å². The predicted molar refractivity (Wildman–Crippen MR) is 66.4 cm³/mol. The zero-order valence-corrected chi connectivity index (χ0v) is 9.86. The number of hydrogen-bond donors (Lipinski definition) is 1. The Morgan fingerprint density at radius 2 is 2.31 bits per heavy atom. The van der Waals surface area contributed by atoms with E-state index in [2.05, 4.69) is 0 Å². The second kappa shape index (κ2) is 4.16. The number of amides is 1. The molecule has 1 unspecified atom stereocenters. The van der Waals surface area contributed by atoms with E-state index in [9.17, 15) is 4.79 Å². The van der Waals surface area contributed by atoms with Crippen LogP contribution in [0.5, 0.6) is 0 Å². The Labute approximate surface area is 96.2 Å². The first kappa shape index (κ1) is 11.0. The van der Waals surface area contributed by atoms with Gasteiger partial charge in [0.1, 0.15) is 0 Å². The van der Waals surface area contributed by atoms with E-state index in [0.717, 1.165) is 36.3 Å². The monoisotopic (exact) mass is 218 g/mol. The maximum atomic E-state index is 12.1. The zero-order valence-electron chi connectivity index (χ0n) is 9.86. The topological polar surface area (TPSA) is 46.3 Å². The molecule has 0 radical (unpaired) electrons. The normalized spacial score (nSPS) is 16.0. The van der Waals surface area contributed by atoms with Gasteiger partial charge in [-0.2, -0.15) is 0 Å². The van der Waals surface area contributed by atoms with Crippen molar-refractivity contribution in [2.24, 2.45) is 5.92 Å². The average molecular weight is 218 g/mol. The molecular weight excluding hydrogens is 200 g/mol. The molecule has 0 saturated heterocycles. The van der Waals surface area contributed by atoms with Crippen molar-refractivity contribution in [3.8, 4) is 0 Å². The first-order chi connectivity index (χ1) is 7.65. The summed E-state index contributed by atoms with van der Waals surface area (Å²) in [4.78, 5) is 14.0. The van der Waals surface area contributed by atoms with Crippen LogP contribution in [0.4, 0.5) is 11.4 Å². The molecule has 3 nitrogen and oxygen atoms in total. The van der Waals surface area contributed by atoms with Gasteiger partial charge < -0.3 is 10.6 Å². The average Bonchev–Trinajstić information content (AvgIpc) is 2.72. The molecular formula is C13H18N2O. The predicted octanol–water partition coefficient (Wildman–Crippen LogP) is 2.20. The molecule has 1 aromatic rings. The summed E-state index contributed by atoms with van der Waals surface area (Å²) in [5.41, 5.74) is 8.84. The summed E-state index contributed by atoms with van der Waals surface area (Å²) in [5.74, 6) is 0.305. The number of nitrogens with zero attached hydrogens (tertiary/aromatic N) is 1. The summed E-state index contributed by atoms with van der Waals surface area (Å²) in [7, 11) is 0. The fourth-order valence-corrected chi connectivity index (χ4v) is 2.13. The van der Waals surface area contributed by atoms with Crippen LogP contribution in [0.2, 0.25) is 0 Å². The van der Waals surface area contributed by atoms with Gasteiger partial charge in [-0.05, 0) is 25.0 Å². The van der Waals surface area contributed by atoms with E-state index in [4.69, 9.17) is 5.73 Å².